The first-order valence-electron chi connectivity index (χ1n) is 12.5. The maximum Gasteiger partial charge on any atom is 0.267 e. The van der Waals surface area contributed by atoms with Crippen molar-refractivity contribution in [1.82, 2.24) is 19.9 Å². The van der Waals surface area contributed by atoms with Crippen LogP contribution in [0.15, 0.2) is 90.1 Å². The molecule has 4 aromatic rings. The minimum atomic E-state index is -0.527. The minimum Gasteiger partial charge on any atom is -0.364 e. The van der Waals surface area contributed by atoms with E-state index < -0.39 is 12.2 Å². The molecular weight excluding hydrogens is 464 g/mol. The molecule has 0 aliphatic carbocycles. The number of primary amides is 1. The lowest BCUT2D eigenvalue weighted by molar-refractivity contribution is -0.112. The monoisotopic (exact) mass is 492 g/mol. The molecule has 1 fully saturated rings. The van der Waals surface area contributed by atoms with E-state index in [9.17, 15) is 4.79 Å². The quantitative estimate of drug-likeness (QED) is 0.378. The molecule has 1 atom stereocenters. The molecule has 9 nitrogen and oxygen atoms in total. The van der Waals surface area contributed by atoms with E-state index >= 15 is 0 Å². The number of rotatable bonds is 6. The van der Waals surface area contributed by atoms with Gasteiger partial charge in [0, 0.05) is 31.0 Å². The molecule has 2 aliphatic rings. The second-order valence-corrected chi connectivity index (χ2v) is 9.23. The van der Waals surface area contributed by atoms with Crippen molar-refractivity contribution in [2.24, 2.45) is 10.7 Å². The van der Waals surface area contributed by atoms with Crippen LogP contribution in [0.5, 0.6) is 0 Å². The number of aromatic amines is 1. The number of para-hydroxylation sites is 3. The summed E-state index contributed by atoms with van der Waals surface area (Å²) in [6.45, 7) is 1.71. The number of pyridine rings is 1. The summed E-state index contributed by atoms with van der Waals surface area (Å²) in [5.74, 6) is 1.19. The number of amides is 1. The first-order chi connectivity index (χ1) is 18.1. The third-order valence-corrected chi connectivity index (χ3v) is 6.85. The smallest absolute Gasteiger partial charge is 0.267 e. The van der Waals surface area contributed by atoms with Crippen LogP contribution < -0.4 is 16.0 Å². The van der Waals surface area contributed by atoms with Gasteiger partial charge >= 0.3 is 0 Å². The van der Waals surface area contributed by atoms with E-state index in [0.717, 1.165) is 60.0 Å². The molecule has 2 aliphatic heterocycles. The number of H-pyrrole nitrogens is 1. The number of carbonyl (C=O) groups excluding carboxylic acids is 1. The van der Waals surface area contributed by atoms with Crippen molar-refractivity contribution in [3.8, 4) is 11.5 Å². The molecule has 2 aromatic carbocycles. The second-order valence-electron chi connectivity index (χ2n) is 9.23. The Hall–Kier alpha value is -4.66. The van der Waals surface area contributed by atoms with Crippen LogP contribution in [0.3, 0.4) is 0 Å². The zero-order valence-corrected chi connectivity index (χ0v) is 20.3. The van der Waals surface area contributed by atoms with E-state index in [4.69, 9.17) is 15.7 Å². The van der Waals surface area contributed by atoms with Gasteiger partial charge in [-0.3, -0.25) is 4.79 Å². The van der Waals surface area contributed by atoms with Gasteiger partial charge in [0.2, 0.25) is 0 Å². The summed E-state index contributed by atoms with van der Waals surface area (Å²) in [6, 6.07) is 24.2. The van der Waals surface area contributed by atoms with E-state index in [1.54, 1.807) is 6.08 Å². The molecule has 6 rings (SSSR count). The maximum atomic E-state index is 11.8. The summed E-state index contributed by atoms with van der Waals surface area (Å²) in [5, 5.41) is 3.44. The largest absolute Gasteiger partial charge is 0.364 e. The molecule has 9 heteroatoms. The molecule has 37 heavy (non-hydrogen) atoms. The van der Waals surface area contributed by atoms with E-state index in [0.29, 0.717) is 0 Å². The van der Waals surface area contributed by atoms with Crippen molar-refractivity contribution in [3.05, 3.63) is 85.1 Å². The number of aromatic nitrogens is 3. The Morgan fingerprint density at radius 2 is 1.73 bits per heavy atom. The van der Waals surface area contributed by atoms with Gasteiger partial charge in [0.15, 0.2) is 12.1 Å². The van der Waals surface area contributed by atoms with Crippen molar-refractivity contribution in [3.63, 3.8) is 0 Å². The van der Waals surface area contributed by atoms with Crippen molar-refractivity contribution in [2.45, 2.75) is 25.2 Å². The van der Waals surface area contributed by atoms with Gasteiger partial charge in [-0.1, -0.05) is 36.4 Å². The molecule has 1 unspecified atom stereocenters. The summed E-state index contributed by atoms with van der Waals surface area (Å²) in [5.41, 5.74) is 9.49. The molecule has 4 N–H and O–H groups in total. The molecule has 0 spiro atoms. The standard InChI is InChI=1S/C28H28N8O/c29-26(37)23-15-18-36(28(34-23)30-19-7-2-1-3-8-19)20-13-16-35(17-14-20)25-12-6-11-24(31-25)27-32-21-9-4-5-10-22(21)33-27/h1-12,15,18,20,28,30H,13-14,16-17H2,(H2,29,37)(H,32,33). The van der Waals surface area contributed by atoms with E-state index in [1.165, 1.54) is 0 Å². The summed E-state index contributed by atoms with van der Waals surface area (Å²) in [6.07, 6.45) is 5.09. The first kappa shape index (κ1) is 22.8. The molecule has 2 aromatic heterocycles. The van der Waals surface area contributed by atoms with Crippen LogP contribution in [-0.4, -0.2) is 56.9 Å². The lowest BCUT2D eigenvalue weighted by Gasteiger charge is -2.42. The van der Waals surface area contributed by atoms with Crippen LogP contribution in [0.25, 0.3) is 22.6 Å². The van der Waals surface area contributed by atoms with Gasteiger partial charge in [-0.2, -0.15) is 0 Å². The second kappa shape index (κ2) is 9.77. The number of aliphatic imine (C=N–C) groups is 1. The number of nitrogens with one attached hydrogen (secondary N) is 2. The zero-order valence-electron chi connectivity index (χ0n) is 20.3. The highest BCUT2D eigenvalue weighted by atomic mass is 16.1. The average Bonchev–Trinajstić information content (AvgIpc) is 3.38. The molecule has 0 radical (unpaired) electrons. The number of imidazole rings is 1. The van der Waals surface area contributed by atoms with E-state index in [1.807, 2.05) is 72.9 Å². The van der Waals surface area contributed by atoms with Crippen LogP contribution in [0, 0.1) is 0 Å². The Balaban J connectivity index is 1.16. The molecule has 0 saturated carbocycles. The number of hydrogen-bond acceptors (Lipinski definition) is 7. The van der Waals surface area contributed by atoms with Gasteiger partial charge in [-0.15, -0.1) is 0 Å². The molecule has 1 saturated heterocycles. The normalized spacial score (nSPS) is 18.2. The highest BCUT2D eigenvalue weighted by Crippen LogP contribution is 2.27. The Labute approximate surface area is 214 Å². The van der Waals surface area contributed by atoms with Crippen molar-refractivity contribution >= 4 is 34.2 Å². The van der Waals surface area contributed by atoms with E-state index in [-0.39, 0.29) is 11.8 Å². The van der Waals surface area contributed by atoms with Crippen LogP contribution in [0.4, 0.5) is 11.5 Å². The Bertz CT molecular complexity index is 1440. The summed E-state index contributed by atoms with van der Waals surface area (Å²) in [7, 11) is 0. The number of fused-ring (bicyclic) bond motifs is 1. The highest BCUT2D eigenvalue weighted by molar-refractivity contribution is 6.43. The predicted molar refractivity (Wildman–Crippen MR) is 146 cm³/mol. The fourth-order valence-corrected chi connectivity index (χ4v) is 4.94. The van der Waals surface area contributed by atoms with Gasteiger partial charge in [0.05, 0.1) is 11.0 Å². The van der Waals surface area contributed by atoms with Crippen LogP contribution in [0.1, 0.15) is 12.8 Å². The molecular formula is C28H28N8O. The maximum absolute atomic E-state index is 11.8. The SMILES string of the molecule is NC(=O)C1=NC(Nc2ccccc2)N(C2CCN(c3cccc(-c4nc5ccccc5[nH]4)n3)CC2)C=C1. The fourth-order valence-electron chi connectivity index (χ4n) is 4.94. The number of nitrogens with zero attached hydrogens (tertiary/aromatic N) is 5. The zero-order chi connectivity index (χ0) is 25.2. The van der Waals surface area contributed by atoms with Gasteiger partial charge in [-0.05, 0) is 55.3 Å². The lowest BCUT2D eigenvalue weighted by Crippen LogP contribution is -2.50. The summed E-state index contributed by atoms with van der Waals surface area (Å²) >= 11 is 0. The topological polar surface area (TPSA) is 116 Å². The number of anilines is 2. The summed E-state index contributed by atoms with van der Waals surface area (Å²) < 4.78 is 0. The summed E-state index contributed by atoms with van der Waals surface area (Å²) in [4.78, 5) is 33.9. The average molecular weight is 493 g/mol. The number of benzene rings is 2. The Morgan fingerprint density at radius 1 is 0.946 bits per heavy atom. The van der Waals surface area contributed by atoms with Crippen LogP contribution in [-0.2, 0) is 4.79 Å². The number of piperidine rings is 1. The van der Waals surface area contributed by atoms with Gasteiger partial charge in [0.1, 0.15) is 17.2 Å². The third kappa shape index (κ3) is 4.75. The third-order valence-electron chi connectivity index (χ3n) is 6.85. The number of carbonyl (C=O) groups is 1. The van der Waals surface area contributed by atoms with Gasteiger partial charge < -0.3 is 25.8 Å². The van der Waals surface area contributed by atoms with Crippen LogP contribution >= 0.6 is 0 Å². The Morgan fingerprint density at radius 3 is 2.51 bits per heavy atom. The fraction of sp³-hybridized carbons (Fsp3) is 0.214. The Kier molecular flexibility index (Phi) is 6.02. The van der Waals surface area contributed by atoms with Gasteiger partial charge in [-0.25, -0.2) is 15.0 Å². The molecule has 4 heterocycles. The molecule has 1 amide bonds. The lowest BCUT2D eigenvalue weighted by atomic mass is 10.0. The minimum absolute atomic E-state index is 0.255. The molecule has 186 valence electrons. The van der Waals surface area contributed by atoms with Gasteiger partial charge in [0.25, 0.3) is 5.91 Å². The van der Waals surface area contributed by atoms with Crippen LogP contribution in [0.2, 0.25) is 0 Å². The first-order valence-corrected chi connectivity index (χ1v) is 12.5. The molecule has 0 bridgehead atoms. The predicted octanol–water partition coefficient (Wildman–Crippen LogP) is 3.75. The highest BCUT2D eigenvalue weighted by Gasteiger charge is 2.30. The van der Waals surface area contributed by atoms with Crippen molar-refractivity contribution in [1.29, 1.82) is 0 Å². The number of hydrogen-bond donors (Lipinski definition) is 3. The van der Waals surface area contributed by atoms with Crippen molar-refractivity contribution in [2.75, 3.05) is 23.3 Å². The number of nitrogens with two attached hydrogens (primary N) is 1. The van der Waals surface area contributed by atoms with E-state index in [2.05, 4.69) is 31.2 Å². The van der Waals surface area contributed by atoms with Crippen molar-refractivity contribution < 1.29 is 4.79 Å².